The van der Waals surface area contributed by atoms with Crippen LogP contribution in [0.2, 0.25) is 0 Å². The number of carbonyl (C=O) groups is 2. The second-order valence-electron chi connectivity index (χ2n) is 7.10. The molecule has 2 heterocycles. The second kappa shape index (κ2) is 8.55. The van der Waals surface area contributed by atoms with Crippen LogP contribution in [-0.4, -0.2) is 56.8 Å². The Morgan fingerprint density at radius 2 is 1.77 bits per heavy atom. The molecule has 0 fully saturated rings. The average molecular weight is 448 g/mol. The van der Waals surface area contributed by atoms with Crippen LogP contribution < -0.4 is 18.9 Å². The highest BCUT2D eigenvalue weighted by Crippen LogP contribution is 2.45. The van der Waals surface area contributed by atoms with Gasteiger partial charge in [0.15, 0.2) is 23.0 Å². The van der Waals surface area contributed by atoms with Crippen molar-refractivity contribution < 1.29 is 33.3 Å². The van der Waals surface area contributed by atoms with Crippen LogP contribution in [-0.2, 0) is 20.7 Å². The zero-order chi connectivity index (χ0) is 22.1. The van der Waals surface area contributed by atoms with E-state index in [1.54, 1.807) is 20.3 Å². The molecular formula is C22H22ClNO7. The molecule has 164 valence electrons. The second-order valence-corrected chi connectivity index (χ2v) is 7.37. The highest BCUT2D eigenvalue weighted by molar-refractivity contribution is 6.27. The van der Waals surface area contributed by atoms with E-state index in [1.807, 2.05) is 24.3 Å². The predicted molar refractivity (Wildman–Crippen MR) is 111 cm³/mol. The molecule has 0 aromatic heterocycles. The van der Waals surface area contributed by atoms with Gasteiger partial charge in [0.05, 0.1) is 27.4 Å². The summed E-state index contributed by atoms with van der Waals surface area (Å²) >= 11 is 5.95. The lowest BCUT2D eigenvalue weighted by atomic mass is 9.84. The lowest BCUT2D eigenvalue weighted by molar-refractivity contribution is -0.154. The number of rotatable bonds is 5. The summed E-state index contributed by atoms with van der Waals surface area (Å²) in [6.07, 6.45) is 0.256. The van der Waals surface area contributed by atoms with Crippen molar-refractivity contribution in [2.24, 2.45) is 0 Å². The Hall–Kier alpha value is -3.13. The fourth-order valence-corrected chi connectivity index (χ4v) is 4.29. The van der Waals surface area contributed by atoms with E-state index in [9.17, 15) is 9.59 Å². The molecule has 0 bridgehead atoms. The number of hydrogen-bond donors (Lipinski definition) is 0. The van der Waals surface area contributed by atoms with Crippen LogP contribution in [0.5, 0.6) is 23.0 Å². The first-order chi connectivity index (χ1) is 15.0. The quantitative estimate of drug-likeness (QED) is 0.514. The van der Waals surface area contributed by atoms with E-state index in [0.717, 1.165) is 16.7 Å². The highest BCUT2D eigenvalue weighted by Gasteiger charge is 2.43. The molecule has 0 N–H and O–H groups in total. The van der Waals surface area contributed by atoms with E-state index >= 15 is 0 Å². The Bertz CT molecular complexity index is 1030. The molecule has 2 unspecified atom stereocenters. The number of benzene rings is 2. The maximum absolute atomic E-state index is 13.0. The number of nitrogens with zero attached hydrogens (tertiary/aromatic N) is 1. The van der Waals surface area contributed by atoms with Crippen LogP contribution in [0.1, 0.15) is 22.7 Å². The SMILES string of the molecule is COC(=O)C1Cc2cc(OC)c(OC)cc2C(c2ccc3c(c2)OCO3)N1C(=O)CCl. The van der Waals surface area contributed by atoms with Gasteiger partial charge in [0.2, 0.25) is 12.7 Å². The molecule has 4 rings (SSSR count). The maximum atomic E-state index is 13.0. The van der Waals surface area contributed by atoms with E-state index in [0.29, 0.717) is 23.0 Å². The van der Waals surface area contributed by atoms with Crippen molar-refractivity contribution in [1.29, 1.82) is 0 Å². The summed E-state index contributed by atoms with van der Waals surface area (Å²) in [5.74, 6) is 1.04. The van der Waals surface area contributed by atoms with Crippen molar-refractivity contribution >= 4 is 23.5 Å². The van der Waals surface area contributed by atoms with Crippen LogP contribution in [0.4, 0.5) is 0 Å². The van der Waals surface area contributed by atoms with Gasteiger partial charge in [0.1, 0.15) is 11.9 Å². The number of hydrogen-bond acceptors (Lipinski definition) is 7. The third-order valence-corrected chi connectivity index (χ3v) is 5.78. The third kappa shape index (κ3) is 3.61. The highest BCUT2D eigenvalue weighted by atomic mass is 35.5. The van der Waals surface area contributed by atoms with Gasteiger partial charge >= 0.3 is 5.97 Å². The number of amides is 1. The standard InChI is InChI=1S/C22H22ClNO7/c1-27-17-8-13-6-15(22(26)29-3)24(20(25)10-23)21(14(13)9-18(17)28-2)12-4-5-16-19(7-12)31-11-30-16/h4-5,7-9,15,21H,6,10-11H2,1-3H3. The zero-order valence-electron chi connectivity index (χ0n) is 17.3. The first-order valence-electron chi connectivity index (χ1n) is 9.61. The Kier molecular flexibility index (Phi) is 5.82. The molecule has 0 radical (unpaired) electrons. The Morgan fingerprint density at radius 3 is 2.45 bits per heavy atom. The first-order valence-corrected chi connectivity index (χ1v) is 10.1. The smallest absolute Gasteiger partial charge is 0.328 e. The van der Waals surface area contributed by atoms with Gasteiger partial charge in [-0.25, -0.2) is 4.79 Å². The minimum absolute atomic E-state index is 0.125. The first kappa shape index (κ1) is 21.1. The molecule has 8 nitrogen and oxygen atoms in total. The Labute approximate surface area is 184 Å². The molecule has 0 saturated heterocycles. The van der Waals surface area contributed by atoms with E-state index in [-0.39, 0.29) is 25.0 Å². The van der Waals surface area contributed by atoms with Crippen molar-refractivity contribution in [2.75, 3.05) is 34.0 Å². The topological polar surface area (TPSA) is 83.5 Å². The molecule has 0 spiro atoms. The van der Waals surface area contributed by atoms with Crippen molar-refractivity contribution in [3.05, 3.63) is 47.0 Å². The number of esters is 1. The summed E-state index contributed by atoms with van der Waals surface area (Å²) < 4.78 is 26.9. The van der Waals surface area contributed by atoms with Gasteiger partial charge in [-0.3, -0.25) is 4.79 Å². The molecule has 31 heavy (non-hydrogen) atoms. The van der Waals surface area contributed by atoms with Crippen LogP contribution in [0, 0.1) is 0 Å². The van der Waals surface area contributed by atoms with E-state index in [4.69, 9.17) is 35.3 Å². The fourth-order valence-electron chi connectivity index (χ4n) is 4.15. The minimum atomic E-state index is -0.850. The van der Waals surface area contributed by atoms with Crippen molar-refractivity contribution in [2.45, 2.75) is 18.5 Å². The Morgan fingerprint density at radius 1 is 1.06 bits per heavy atom. The average Bonchev–Trinajstić information content (AvgIpc) is 3.28. The van der Waals surface area contributed by atoms with Crippen LogP contribution >= 0.6 is 11.6 Å². The van der Waals surface area contributed by atoms with Crippen LogP contribution in [0.25, 0.3) is 0 Å². The van der Waals surface area contributed by atoms with Gasteiger partial charge in [0, 0.05) is 6.42 Å². The molecule has 0 aliphatic carbocycles. The lowest BCUT2D eigenvalue weighted by Crippen LogP contribution is -2.52. The number of methoxy groups -OCH3 is 3. The normalized spacial score (nSPS) is 18.9. The van der Waals surface area contributed by atoms with E-state index in [1.165, 1.54) is 12.0 Å². The van der Waals surface area contributed by atoms with E-state index < -0.39 is 18.1 Å². The summed E-state index contributed by atoms with van der Waals surface area (Å²) in [5.41, 5.74) is 2.38. The number of ether oxygens (including phenoxy) is 5. The van der Waals surface area contributed by atoms with Gasteiger partial charge in [0.25, 0.3) is 0 Å². The van der Waals surface area contributed by atoms with Gasteiger partial charge in [-0.05, 0) is 41.0 Å². The number of alkyl halides is 1. The van der Waals surface area contributed by atoms with Crippen LogP contribution in [0.3, 0.4) is 0 Å². The zero-order valence-corrected chi connectivity index (χ0v) is 18.1. The van der Waals surface area contributed by atoms with Crippen molar-refractivity contribution in [3.63, 3.8) is 0 Å². The lowest BCUT2D eigenvalue weighted by Gasteiger charge is -2.42. The third-order valence-electron chi connectivity index (χ3n) is 5.56. The molecule has 0 saturated carbocycles. The molecule has 2 atom stereocenters. The van der Waals surface area contributed by atoms with E-state index in [2.05, 4.69) is 0 Å². The van der Waals surface area contributed by atoms with Gasteiger partial charge < -0.3 is 28.6 Å². The summed E-state index contributed by atoms with van der Waals surface area (Å²) in [7, 11) is 4.39. The van der Waals surface area contributed by atoms with Gasteiger partial charge in [-0.2, -0.15) is 0 Å². The summed E-state index contributed by atoms with van der Waals surface area (Å²) in [6, 6.07) is 7.61. The number of fused-ring (bicyclic) bond motifs is 2. The van der Waals surface area contributed by atoms with Gasteiger partial charge in [-0.1, -0.05) is 6.07 Å². The predicted octanol–water partition coefficient (Wildman–Crippen LogP) is 2.69. The maximum Gasteiger partial charge on any atom is 0.328 e. The summed E-state index contributed by atoms with van der Waals surface area (Å²) in [5, 5.41) is 0. The molecule has 1 amide bonds. The molecule has 2 aromatic carbocycles. The number of carbonyl (C=O) groups excluding carboxylic acids is 2. The Balaban J connectivity index is 1.94. The summed E-state index contributed by atoms with van der Waals surface area (Å²) in [4.78, 5) is 27.1. The molecule has 2 aliphatic rings. The molecule has 9 heteroatoms. The number of halogens is 1. The van der Waals surface area contributed by atoms with Crippen LogP contribution in [0.15, 0.2) is 30.3 Å². The molecule has 2 aliphatic heterocycles. The van der Waals surface area contributed by atoms with Crippen molar-refractivity contribution in [1.82, 2.24) is 4.90 Å². The molecular weight excluding hydrogens is 426 g/mol. The van der Waals surface area contributed by atoms with Gasteiger partial charge in [-0.15, -0.1) is 11.6 Å². The molecule has 2 aromatic rings. The fraction of sp³-hybridized carbons (Fsp3) is 0.364. The van der Waals surface area contributed by atoms with Crippen molar-refractivity contribution in [3.8, 4) is 23.0 Å². The summed E-state index contributed by atoms with van der Waals surface area (Å²) in [6.45, 7) is 0.125. The monoisotopic (exact) mass is 447 g/mol. The largest absolute Gasteiger partial charge is 0.493 e. The minimum Gasteiger partial charge on any atom is -0.493 e.